The van der Waals surface area contributed by atoms with Crippen molar-refractivity contribution in [2.24, 2.45) is 5.73 Å². The summed E-state index contributed by atoms with van der Waals surface area (Å²) in [5.41, 5.74) is 7.41. The van der Waals surface area contributed by atoms with Gasteiger partial charge in [0.15, 0.2) is 0 Å². The van der Waals surface area contributed by atoms with E-state index in [-0.39, 0.29) is 5.91 Å². The second kappa shape index (κ2) is 6.76. The standard InChI is InChI=1S/C14H23N5O/c1-18(2)9-12-14(17-6-5-16-12)11-3-7-19(8-4-11)10-13(15)20/h5-6,11H,3-4,7-10H2,1-2H3,(H2,15,20). The highest BCUT2D eigenvalue weighted by atomic mass is 16.1. The molecule has 20 heavy (non-hydrogen) atoms. The SMILES string of the molecule is CN(C)Cc1nccnc1C1CCN(CC(N)=O)CC1. The van der Waals surface area contributed by atoms with Gasteiger partial charge in [-0.3, -0.25) is 19.7 Å². The van der Waals surface area contributed by atoms with Gasteiger partial charge < -0.3 is 10.6 Å². The fourth-order valence-electron chi connectivity index (χ4n) is 2.72. The number of likely N-dealkylation sites (tertiary alicyclic amines) is 1. The first-order valence-electron chi connectivity index (χ1n) is 7.01. The van der Waals surface area contributed by atoms with Gasteiger partial charge in [-0.15, -0.1) is 0 Å². The molecule has 0 radical (unpaired) electrons. The van der Waals surface area contributed by atoms with Crippen LogP contribution in [0.2, 0.25) is 0 Å². The van der Waals surface area contributed by atoms with Gasteiger partial charge in [-0.1, -0.05) is 0 Å². The molecule has 6 heteroatoms. The van der Waals surface area contributed by atoms with Crippen LogP contribution in [0.5, 0.6) is 0 Å². The molecular formula is C14H23N5O. The smallest absolute Gasteiger partial charge is 0.231 e. The van der Waals surface area contributed by atoms with Crippen LogP contribution < -0.4 is 5.73 Å². The van der Waals surface area contributed by atoms with Crippen LogP contribution in [0, 0.1) is 0 Å². The monoisotopic (exact) mass is 277 g/mol. The molecule has 0 atom stereocenters. The molecule has 0 spiro atoms. The summed E-state index contributed by atoms with van der Waals surface area (Å²) in [5, 5.41) is 0. The average Bonchev–Trinajstić information content (AvgIpc) is 2.39. The second-order valence-corrected chi connectivity index (χ2v) is 5.64. The number of hydrogen-bond donors (Lipinski definition) is 1. The maximum atomic E-state index is 10.9. The van der Waals surface area contributed by atoms with Crippen LogP contribution in [0.3, 0.4) is 0 Å². The van der Waals surface area contributed by atoms with Crippen molar-refractivity contribution in [3.05, 3.63) is 23.8 Å². The van der Waals surface area contributed by atoms with Gasteiger partial charge in [-0.25, -0.2) is 0 Å². The minimum absolute atomic E-state index is 0.253. The molecule has 0 unspecified atom stereocenters. The zero-order valence-electron chi connectivity index (χ0n) is 12.2. The summed E-state index contributed by atoms with van der Waals surface area (Å²) in [6.07, 6.45) is 5.54. The zero-order chi connectivity index (χ0) is 14.5. The van der Waals surface area contributed by atoms with Gasteiger partial charge in [0.05, 0.1) is 17.9 Å². The average molecular weight is 277 g/mol. The Morgan fingerprint density at radius 2 is 2.00 bits per heavy atom. The quantitative estimate of drug-likeness (QED) is 0.832. The van der Waals surface area contributed by atoms with E-state index in [1.807, 2.05) is 14.1 Å². The van der Waals surface area contributed by atoms with Crippen LogP contribution in [-0.2, 0) is 11.3 Å². The van der Waals surface area contributed by atoms with Crippen LogP contribution >= 0.6 is 0 Å². The molecule has 2 heterocycles. The molecule has 1 aliphatic rings. The van der Waals surface area contributed by atoms with Gasteiger partial charge in [-0.05, 0) is 40.0 Å². The Hall–Kier alpha value is -1.53. The lowest BCUT2D eigenvalue weighted by Gasteiger charge is -2.31. The van der Waals surface area contributed by atoms with Crippen LogP contribution in [0.4, 0.5) is 0 Å². The summed E-state index contributed by atoms with van der Waals surface area (Å²) in [4.78, 5) is 24.2. The van der Waals surface area contributed by atoms with Crippen LogP contribution in [0.15, 0.2) is 12.4 Å². The molecular weight excluding hydrogens is 254 g/mol. The van der Waals surface area contributed by atoms with Crippen LogP contribution in [0.1, 0.15) is 30.1 Å². The lowest BCUT2D eigenvalue weighted by molar-refractivity contribution is -0.119. The van der Waals surface area contributed by atoms with Crippen LogP contribution in [0.25, 0.3) is 0 Å². The van der Waals surface area contributed by atoms with Gasteiger partial charge in [0, 0.05) is 24.9 Å². The normalized spacial score (nSPS) is 17.6. The van der Waals surface area contributed by atoms with E-state index in [1.54, 1.807) is 12.4 Å². The number of nitrogens with zero attached hydrogens (tertiary/aromatic N) is 4. The third-order valence-corrected chi connectivity index (χ3v) is 3.63. The summed E-state index contributed by atoms with van der Waals surface area (Å²) < 4.78 is 0. The molecule has 1 fully saturated rings. The Kier molecular flexibility index (Phi) is 5.03. The van der Waals surface area contributed by atoms with Gasteiger partial charge in [0.25, 0.3) is 0 Å². The van der Waals surface area contributed by atoms with E-state index >= 15 is 0 Å². The number of primary amides is 1. The first-order chi connectivity index (χ1) is 9.56. The molecule has 6 nitrogen and oxygen atoms in total. The largest absolute Gasteiger partial charge is 0.369 e. The van der Waals surface area contributed by atoms with Crippen LogP contribution in [-0.4, -0.2) is 59.4 Å². The third kappa shape index (κ3) is 3.98. The Morgan fingerprint density at radius 3 is 2.60 bits per heavy atom. The summed E-state index contributed by atoms with van der Waals surface area (Å²) in [7, 11) is 4.07. The maximum absolute atomic E-state index is 10.9. The molecule has 1 saturated heterocycles. The number of nitrogens with two attached hydrogens (primary N) is 1. The molecule has 2 N–H and O–H groups in total. The summed E-state index contributed by atoms with van der Waals surface area (Å²) in [6.45, 7) is 2.96. The fourth-order valence-corrected chi connectivity index (χ4v) is 2.72. The van der Waals surface area contributed by atoms with Crippen molar-refractivity contribution >= 4 is 5.91 Å². The van der Waals surface area contributed by atoms with Gasteiger partial charge >= 0.3 is 0 Å². The van der Waals surface area contributed by atoms with Gasteiger partial charge in [0.1, 0.15) is 0 Å². The maximum Gasteiger partial charge on any atom is 0.231 e. The Balaban J connectivity index is 2.01. The second-order valence-electron chi connectivity index (χ2n) is 5.64. The lowest BCUT2D eigenvalue weighted by Crippen LogP contribution is -2.39. The van der Waals surface area contributed by atoms with E-state index in [2.05, 4.69) is 19.8 Å². The van der Waals surface area contributed by atoms with Crippen molar-refractivity contribution in [3.8, 4) is 0 Å². The van der Waals surface area contributed by atoms with Crippen molar-refractivity contribution in [1.82, 2.24) is 19.8 Å². The molecule has 0 bridgehead atoms. The van der Waals surface area contributed by atoms with Crippen molar-refractivity contribution in [1.29, 1.82) is 0 Å². The summed E-state index contributed by atoms with van der Waals surface area (Å²) in [5.74, 6) is 0.180. The van der Waals surface area contributed by atoms with E-state index in [9.17, 15) is 4.79 Å². The highest BCUT2D eigenvalue weighted by molar-refractivity contribution is 5.75. The molecule has 0 aromatic carbocycles. The molecule has 1 aliphatic heterocycles. The fraction of sp³-hybridized carbons (Fsp3) is 0.643. The number of carbonyl (C=O) groups excluding carboxylic acids is 1. The van der Waals surface area contributed by atoms with Crippen molar-refractivity contribution in [2.75, 3.05) is 33.7 Å². The minimum atomic E-state index is -0.253. The Morgan fingerprint density at radius 1 is 1.35 bits per heavy atom. The topological polar surface area (TPSA) is 75.3 Å². The number of piperidine rings is 1. The molecule has 0 aliphatic carbocycles. The lowest BCUT2D eigenvalue weighted by atomic mass is 9.92. The number of rotatable bonds is 5. The van der Waals surface area contributed by atoms with Crippen molar-refractivity contribution < 1.29 is 4.79 Å². The number of aromatic nitrogens is 2. The van der Waals surface area contributed by atoms with Crippen molar-refractivity contribution in [3.63, 3.8) is 0 Å². The van der Waals surface area contributed by atoms with E-state index in [0.29, 0.717) is 12.5 Å². The molecule has 1 aromatic rings. The van der Waals surface area contributed by atoms with E-state index in [0.717, 1.165) is 43.9 Å². The first kappa shape index (κ1) is 14.9. The van der Waals surface area contributed by atoms with Gasteiger partial charge in [0.2, 0.25) is 5.91 Å². The highest BCUT2D eigenvalue weighted by Gasteiger charge is 2.24. The predicted octanol–water partition coefficient (Wildman–Crippen LogP) is 0.203. The highest BCUT2D eigenvalue weighted by Crippen LogP contribution is 2.28. The molecule has 0 saturated carbocycles. The van der Waals surface area contributed by atoms with Crippen molar-refractivity contribution in [2.45, 2.75) is 25.3 Å². The minimum Gasteiger partial charge on any atom is -0.369 e. The number of carbonyl (C=O) groups is 1. The molecule has 1 aromatic heterocycles. The Labute approximate surface area is 120 Å². The number of amides is 1. The first-order valence-corrected chi connectivity index (χ1v) is 7.01. The summed E-state index contributed by atoms with van der Waals surface area (Å²) >= 11 is 0. The number of hydrogen-bond acceptors (Lipinski definition) is 5. The molecule has 1 amide bonds. The molecule has 2 rings (SSSR count). The zero-order valence-corrected chi connectivity index (χ0v) is 12.2. The van der Waals surface area contributed by atoms with E-state index in [1.165, 1.54) is 0 Å². The Bertz CT molecular complexity index is 455. The van der Waals surface area contributed by atoms with E-state index in [4.69, 9.17) is 5.73 Å². The summed E-state index contributed by atoms with van der Waals surface area (Å²) in [6, 6.07) is 0. The van der Waals surface area contributed by atoms with Gasteiger partial charge in [-0.2, -0.15) is 0 Å². The molecule has 110 valence electrons. The predicted molar refractivity (Wildman–Crippen MR) is 77.0 cm³/mol. The third-order valence-electron chi connectivity index (χ3n) is 3.63. The van der Waals surface area contributed by atoms with E-state index < -0.39 is 0 Å².